The Bertz CT molecular complexity index is 516. The molecule has 3 heteroatoms. The third-order valence-corrected chi connectivity index (χ3v) is 6.78. The first-order chi connectivity index (χ1) is 10.1. The topological polar surface area (TPSA) is 12.0 Å². The molecule has 1 unspecified atom stereocenters. The van der Waals surface area contributed by atoms with Gasteiger partial charge in [-0.3, -0.25) is 0 Å². The zero-order valence-corrected chi connectivity index (χ0v) is 14.1. The van der Waals surface area contributed by atoms with Gasteiger partial charge in [0.2, 0.25) is 0 Å². The highest BCUT2D eigenvalue weighted by Crippen LogP contribution is 2.54. The molecule has 4 aliphatic carbocycles. The van der Waals surface area contributed by atoms with Crippen molar-refractivity contribution in [3.8, 4) is 0 Å². The van der Waals surface area contributed by atoms with Gasteiger partial charge in [-0.2, -0.15) is 0 Å². The van der Waals surface area contributed by atoms with Crippen LogP contribution in [-0.2, 0) is 0 Å². The van der Waals surface area contributed by atoms with E-state index in [-0.39, 0.29) is 11.9 Å². The Morgan fingerprint density at radius 2 is 1.71 bits per heavy atom. The lowest BCUT2D eigenvalue weighted by Crippen LogP contribution is -2.54. The zero-order valence-electron chi connectivity index (χ0n) is 12.5. The van der Waals surface area contributed by atoms with E-state index in [0.717, 1.165) is 28.1 Å². The Labute approximate surface area is 134 Å². The molecule has 0 aromatic heterocycles. The van der Waals surface area contributed by atoms with Crippen LogP contribution in [0.25, 0.3) is 0 Å². The Balaban J connectivity index is 1.50. The van der Waals surface area contributed by atoms with E-state index in [9.17, 15) is 4.39 Å². The van der Waals surface area contributed by atoms with Crippen molar-refractivity contribution >= 4 is 15.9 Å². The van der Waals surface area contributed by atoms with Crippen molar-refractivity contribution in [2.24, 2.45) is 23.7 Å². The largest absolute Gasteiger partial charge is 0.307 e. The first kappa shape index (κ1) is 14.2. The maximum absolute atomic E-state index is 13.3. The third-order valence-electron chi connectivity index (χ3n) is 6.10. The second-order valence-corrected chi connectivity index (χ2v) is 8.37. The highest BCUT2D eigenvalue weighted by atomic mass is 79.9. The van der Waals surface area contributed by atoms with Crippen molar-refractivity contribution < 1.29 is 4.39 Å². The third kappa shape index (κ3) is 2.57. The molecule has 5 rings (SSSR count). The monoisotopic (exact) mass is 351 g/mol. The van der Waals surface area contributed by atoms with E-state index in [4.69, 9.17) is 0 Å². The lowest BCUT2D eigenvalue weighted by Gasteiger charge is -2.55. The van der Waals surface area contributed by atoms with Gasteiger partial charge < -0.3 is 5.32 Å². The van der Waals surface area contributed by atoms with Crippen LogP contribution in [0.2, 0.25) is 0 Å². The second-order valence-electron chi connectivity index (χ2n) is 7.51. The van der Waals surface area contributed by atoms with Gasteiger partial charge in [0.05, 0.1) is 0 Å². The molecule has 21 heavy (non-hydrogen) atoms. The van der Waals surface area contributed by atoms with Gasteiger partial charge in [-0.15, -0.1) is 0 Å². The van der Waals surface area contributed by atoms with E-state index in [0.29, 0.717) is 6.04 Å². The summed E-state index contributed by atoms with van der Waals surface area (Å²) in [7, 11) is 0. The van der Waals surface area contributed by atoms with Crippen LogP contribution in [0.1, 0.15) is 50.6 Å². The van der Waals surface area contributed by atoms with Gasteiger partial charge >= 0.3 is 0 Å². The standard InChI is InChI=1S/C18H23BrFN/c1-10(16-3-2-15(20)9-17(16)19)21-18-13-5-11-4-12(7-13)8-14(18)6-11/h2-3,9-14,18,21H,4-8H2,1H3. The summed E-state index contributed by atoms with van der Waals surface area (Å²) in [6, 6.07) is 6.00. The fourth-order valence-corrected chi connectivity index (χ4v) is 6.12. The predicted octanol–water partition coefficient (Wildman–Crippen LogP) is 5.06. The molecule has 4 aliphatic rings. The van der Waals surface area contributed by atoms with Gasteiger partial charge in [0.1, 0.15) is 5.82 Å². The van der Waals surface area contributed by atoms with Crippen molar-refractivity contribution in [2.45, 2.75) is 51.1 Å². The molecule has 114 valence electrons. The molecule has 0 aliphatic heterocycles. The van der Waals surface area contributed by atoms with Crippen LogP contribution in [0.3, 0.4) is 0 Å². The molecular weight excluding hydrogens is 329 g/mol. The van der Waals surface area contributed by atoms with E-state index in [1.54, 1.807) is 12.1 Å². The molecule has 1 aromatic rings. The molecule has 4 saturated carbocycles. The predicted molar refractivity (Wildman–Crippen MR) is 86.5 cm³/mol. The van der Waals surface area contributed by atoms with E-state index in [1.165, 1.54) is 37.7 Å². The van der Waals surface area contributed by atoms with Gasteiger partial charge in [-0.1, -0.05) is 22.0 Å². The molecule has 4 bridgehead atoms. The average molecular weight is 352 g/mol. The van der Waals surface area contributed by atoms with Crippen molar-refractivity contribution in [3.05, 3.63) is 34.1 Å². The van der Waals surface area contributed by atoms with Gasteiger partial charge in [-0.05, 0) is 80.4 Å². The number of benzene rings is 1. The molecule has 1 aromatic carbocycles. The van der Waals surface area contributed by atoms with Crippen LogP contribution in [0.4, 0.5) is 4.39 Å². The van der Waals surface area contributed by atoms with Crippen molar-refractivity contribution in [3.63, 3.8) is 0 Å². The average Bonchev–Trinajstić information content (AvgIpc) is 2.41. The van der Waals surface area contributed by atoms with Gasteiger partial charge in [-0.25, -0.2) is 4.39 Å². The van der Waals surface area contributed by atoms with Crippen molar-refractivity contribution in [1.82, 2.24) is 5.32 Å². The normalized spacial score (nSPS) is 38.7. The zero-order chi connectivity index (χ0) is 14.6. The highest BCUT2D eigenvalue weighted by Gasteiger charge is 2.48. The smallest absolute Gasteiger partial charge is 0.124 e. The van der Waals surface area contributed by atoms with Crippen LogP contribution in [0.15, 0.2) is 22.7 Å². The maximum atomic E-state index is 13.3. The Morgan fingerprint density at radius 1 is 1.10 bits per heavy atom. The summed E-state index contributed by atoms with van der Waals surface area (Å²) in [6.45, 7) is 2.21. The van der Waals surface area contributed by atoms with Crippen LogP contribution in [0, 0.1) is 29.5 Å². The molecule has 0 saturated heterocycles. The van der Waals surface area contributed by atoms with Gasteiger partial charge in [0, 0.05) is 16.6 Å². The van der Waals surface area contributed by atoms with E-state index < -0.39 is 0 Å². The minimum atomic E-state index is -0.174. The minimum Gasteiger partial charge on any atom is -0.307 e. The Hall–Kier alpha value is -0.410. The summed E-state index contributed by atoms with van der Waals surface area (Å²) in [5, 5.41) is 3.89. The summed E-state index contributed by atoms with van der Waals surface area (Å²) in [6.07, 6.45) is 7.23. The van der Waals surface area contributed by atoms with Gasteiger partial charge in [0.25, 0.3) is 0 Å². The van der Waals surface area contributed by atoms with E-state index in [1.807, 2.05) is 6.07 Å². The van der Waals surface area contributed by atoms with Crippen LogP contribution in [-0.4, -0.2) is 6.04 Å². The SMILES string of the molecule is CC(NC1C2CC3CC(C2)CC1C3)c1ccc(F)cc1Br. The number of nitrogens with one attached hydrogen (secondary N) is 1. The van der Waals surface area contributed by atoms with E-state index in [2.05, 4.69) is 28.2 Å². The minimum absolute atomic E-state index is 0.174. The van der Waals surface area contributed by atoms with Crippen LogP contribution in [0.5, 0.6) is 0 Å². The van der Waals surface area contributed by atoms with Crippen molar-refractivity contribution in [1.29, 1.82) is 0 Å². The number of rotatable bonds is 3. The summed E-state index contributed by atoms with van der Waals surface area (Å²) in [5.74, 6) is 3.61. The second kappa shape index (κ2) is 5.34. The number of halogens is 2. The first-order valence-electron chi connectivity index (χ1n) is 8.31. The number of hydrogen-bond donors (Lipinski definition) is 1. The summed E-state index contributed by atoms with van der Waals surface area (Å²) >= 11 is 3.51. The molecule has 4 fully saturated rings. The van der Waals surface area contributed by atoms with Crippen molar-refractivity contribution in [2.75, 3.05) is 0 Å². The van der Waals surface area contributed by atoms with Gasteiger partial charge in [0.15, 0.2) is 0 Å². The summed E-state index contributed by atoms with van der Waals surface area (Å²) in [4.78, 5) is 0. The molecule has 0 spiro atoms. The highest BCUT2D eigenvalue weighted by molar-refractivity contribution is 9.10. The molecule has 0 amide bonds. The molecular formula is C18H23BrFN. The van der Waals surface area contributed by atoms with Crippen LogP contribution < -0.4 is 5.32 Å². The van der Waals surface area contributed by atoms with Crippen LogP contribution >= 0.6 is 15.9 Å². The maximum Gasteiger partial charge on any atom is 0.124 e. The molecule has 1 N–H and O–H groups in total. The Kier molecular flexibility index (Phi) is 3.61. The first-order valence-corrected chi connectivity index (χ1v) is 9.10. The fourth-order valence-electron chi connectivity index (χ4n) is 5.43. The molecule has 1 nitrogen and oxygen atoms in total. The lowest BCUT2D eigenvalue weighted by molar-refractivity contribution is -0.0171. The lowest BCUT2D eigenvalue weighted by atomic mass is 9.54. The fraction of sp³-hybridized carbons (Fsp3) is 0.667. The molecule has 0 heterocycles. The quantitative estimate of drug-likeness (QED) is 0.801. The molecule has 0 radical (unpaired) electrons. The summed E-state index contributed by atoms with van der Waals surface area (Å²) < 4.78 is 14.1. The van der Waals surface area contributed by atoms with E-state index >= 15 is 0 Å². The number of hydrogen-bond acceptors (Lipinski definition) is 1. The Morgan fingerprint density at radius 3 is 2.29 bits per heavy atom. The molecule has 1 atom stereocenters. The summed E-state index contributed by atoms with van der Waals surface area (Å²) in [5.41, 5.74) is 1.17.